The van der Waals surface area contributed by atoms with E-state index in [-0.39, 0.29) is 18.1 Å². The number of morpholine rings is 1. The molecular weight excluding hydrogens is 322 g/mol. The Labute approximate surface area is 138 Å². The van der Waals surface area contributed by atoms with Crippen LogP contribution in [0.25, 0.3) is 10.2 Å². The Balaban J connectivity index is 1.63. The van der Waals surface area contributed by atoms with Crippen LogP contribution in [0.3, 0.4) is 0 Å². The van der Waals surface area contributed by atoms with Gasteiger partial charge < -0.3 is 10.1 Å². The van der Waals surface area contributed by atoms with E-state index < -0.39 is 0 Å². The number of thiazole rings is 1. The Morgan fingerprint density at radius 3 is 2.91 bits per heavy atom. The number of nitrogens with one attached hydrogen (secondary N) is 1. The van der Waals surface area contributed by atoms with Gasteiger partial charge in [-0.1, -0.05) is 22.9 Å². The largest absolute Gasteiger partial charge is 0.373 e. The number of amides is 1. The van der Waals surface area contributed by atoms with Gasteiger partial charge in [0, 0.05) is 18.1 Å². The van der Waals surface area contributed by atoms with Gasteiger partial charge in [-0.2, -0.15) is 0 Å². The van der Waals surface area contributed by atoms with Crippen LogP contribution in [-0.2, 0) is 9.53 Å². The molecule has 2 heterocycles. The summed E-state index contributed by atoms with van der Waals surface area (Å²) in [6, 6.07) is 5.54. The normalized spacial score (nSPS) is 22.9. The lowest BCUT2D eigenvalue weighted by atomic mass is 10.2. The highest BCUT2D eigenvalue weighted by molar-refractivity contribution is 7.22. The van der Waals surface area contributed by atoms with Crippen molar-refractivity contribution < 1.29 is 9.53 Å². The van der Waals surface area contributed by atoms with Gasteiger partial charge in [0.2, 0.25) is 5.91 Å². The van der Waals surface area contributed by atoms with E-state index in [1.165, 1.54) is 11.3 Å². The molecule has 1 aliphatic rings. The number of carbonyl (C=O) groups is 1. The molecule has 0 bridgehead atoms. The number of halogens is 1. The van der Waals surface area contributed by atoms with E-state index in [0.717, 1.165) is 23.3 Å². The Kier molecular flexibility index (Phi) is 4.63. The predicted octanol–water partition coefficient (Wildman–Crippen LogP) is 3.00. The first-order valence-corrected chi connectivity index (χ1v) is 8.43. The Bertz CT molecular complexity index is 680. The lowest BCUT2D eigenvalue weighted by Crippen LogP contribution is -2.48. The second-order valence-corrected chi connectivity index (χ2v) is 7.10. The minimum absolute atomic E-state index is 0.0496. The van der Waals surface area contributed by atoms with Crippen LogP contribution in [0.2, 0.25) is 5.02 Å². The molecular formula is C15H18ClN3O2S. The quantitative estimate of drug-likeness (QED) is 0.934. The number of ether oxygens (including phenoxy) is 1. The third kappa shape index (κ3) is 3.76. The zero-order valence-corrected chi connectivity index (χ0v) is 14.1. The molecule has 1 fully saturated rings. The summed E-state index contributed by atoms with van der Waals surface area (Å²) in [5.74, 6) is -0.0496. The molecule has 1 saturated heterocycles. The first-order chi connectivity index (χ1) is 10.5. The molecule has 1 aliphatic heterocycles. The summed E-state index contributed by atoms with van der Waals surface area (Å²) in [5.41, 5.74) is 0.807. The van der Waals surface area contributed by atoms with E-state index in [1.807, 2.05) is 26.0 Å². The van der Waals surface area contributed by atoms with E-state index in [1.54, 1.807) is 6.07 Å². The molecule has 0 aliphatic carbocycles. The number of nitrogens with zero attached hydrogens (tertiary/aromatic N) is 2. The highest BCUT2D eigenvalue weighted by atomic mass is 35.5. The first-order valence-electron chi connectivity index (χ1n) is 7.23. The molecule has 7 heteroatoms. The van der Waals surface area contributed by atoms with Crippen molar-refractivity contribution >= 4 is 44.2 Å². The zero-order valence-electron chi connectivity index (χ0n) is 12.5. The number of fused-ring (bicyclic) bond motifs is 1. The van der Waals surface area contributed by atoms with Crippen molar-refractivity contribution in [3.63, 3.8) is 0 Å². The van der Waals surface area contributed by atoms with Crippen LogP contribution in [0.1, 0.15) is 13.8 Å². The van der Waals surface area contributed by atoms with Crippen LogP contribution in [0.5, 0.6) is 0 Å². The number of rotatable bonds is 3. The number of benzene rings is 1. The molecule has 118 valence electrons. The van der Waals surface area contributed by atoms with Crippen LogP contribution < -0.4 is 5.32 Å². The molecule has 0 radical (unpaired) electrons. The SMILES string of the molecule is CC1CN(CC(=O)Nc2nc3cc(Cl)ccc3s2)CC(C)O1. The maximum Gasteiger partial charge on any atom is 0.240 e. The molecule has 2 unspecified atom stereocenters. The molecule has 0 spiro atoms. The molecule has 2 atom stereocenters. The van der Waals surface area contributed by atoms with Gasteiger partial charge in [-0.15, -0.1) is 0 Å². The fourth-order valence-corrected chi connectivity index (χ4v) is 3.76. The molecule has 22 heavy (non-hydrogen) atoms. The van der Waals surface area contributed by atoms with Gasteiger partial charge in [0.05, 0.1) is 29.0 Å². The highest BCUT2D eigenvalue weighted by Crippen LogP contribution is 2.28. The second kappa shape index (κ2) is 6.50. The van der Waals surface area contributed by atoms with Crippen molar-refractivity contribution in [2.75, 3.05) is 25.0 Å². The molecule has 0 saturated carbocycles. The Morgan fingerprint density at radius 1 is 1.45 bits per heavy atom. The maximum absolute atomic E-state index is 12.2. The Morgan fingerprint density at radius 2 is 2.18 bits per heavy atom. The van der Waals surface area contributed by atoms with Crippen molar-refractivity contribution in [3.05, 3.63) is 23.2 Å². The maximum atomic E-state index is 12.2. The Hall–Kier alpha value is -1.21. The van der Waals surface area contributed by atoms with Gasteiger partial charge in [0.15, 0.2) is 5.13 Å². The smallest absolute Gasteiger partial charge is 0.240 e. The molecule has 1 aromatic heterocycles. The summed E-state index contributed by atoms with van der Waals surface area (Å²) in [6.07, 6.45) is 0.308. The summed E-state index contributed by atoms with van der Waals surface area (Å²) in [4.78, 5) is 18.7. The third-order valence-electron chi connectivity index (χ3n) is 3.46. The molecule has 1 N–H and O–H groups in total. The number of anilines is 1. The van der Waals surface area contributed by atoms with E-state index in [2.05, 4.69) is 15.2 Å². The van der Waals surface area contributed by atoms with Crippen LogP contribution in [0.4, 0.5) is 5.13 Å². The van der Waals surface area contributed by atoms with Crippen LogP contribution >= 0.6 is 22.9 Å². The average Bonchev–Trinajstić information content (AvgIpc) is 2.78. The van der Waals surface area contributed by atoms with E-state index in [9.17, 15) is 4.79 Å². The minimum Gasteiger partial charge on any atom is -0.373 e. The second-order valence-electron chi connectivity index (χ2n) is 5.63. The first kappa shape index (κ1) is 15.7. The highest BCUT2D eigenvalue weighted by Gasteiger charge is 2.23. The standard InChI is InChI=1S/C15H18ClN3O2S/c1-9-6-19(7-10(2)21-9)8-14(20)18-15-17-12-5-11(16)3-4-13(12)22-15/h3-5,9-10H,6-8H2,1-2H3,(H,17,18,20). The molecule has 1 aromatic carbocycles. The van der Waals surface area contributed by atoms with Crippen LogP contribution in [0, 0.1) is 0 Å². The summed E-state index contributed by atoms with van der Waals surface area (Å²) in [7, 11) is 0. The van der Waals surface area contributed by atoms with Crippen LogP contribution in [0.15, 0.2) is 18.2 Å². The molecule has 1 amide bonds. The summed E-state index contributed by atoms with van der Waals surface area (Å²) in [6.45, 7) is 5.95. The fraction of sp³-hybridized carbons (Fsp3) is 0.467. The lowest BCUT2D eigenvalue weighted by molar-refractivity contribution is -0.121. The number of hydrogen-bond donors (Lipinski definition) is 1. The van der Waals surface area contributed by atoms with Crippen molar-refractivity contribution in [1.82, 2.24) is 9.88 Å². The third-order valence-corrected chi connectivity index (χ3v) is 4.65. The summed E-state index contributed by atoms with van der Waals surface area (Å²) in [5, 5.41) is 4.12. The van der Waals surface area contributed by atoms with Crippen molar-refractivity contribution in [1.29, 1.82) is 0 Å². The summed E-state index contributed by atoms with van der Waals surface area (Å²) < 4.78 is 6.68. The van der Waals surface area contributed by atoms with Gasteiger partial charge >= 0.3 is 0 Å². The van der Waals surface area contributed by atoms with Gasteiger partial charge in [0.25, 0.3) is 0 Å². The van der Waals surface area contributed by atoms with Crippen molar-refractivity contribution in [3.8, 4) is 0 Å². The fourth-order valence-electron chi connectivity index (χ4n) is 2.73. The van der Waals surface area contributed by atoms with Crippen LogP contribution in [-0.4, -0.2) is 47.6 Å². The average molecular weight is 340 g/mol. The van der Waals surface area contributed by atoms with E-state index >= 15 is 0 Å². The monoisotopic (exact) mass is 339 g/mol. The van der Waals surface area contributed by atoms with Gasteiger partial charge in [-0.25, -0.2) is 4.98 Å². The zero-order chi connectivity index (χ0) is 15.7. The minimum atomic E-state index is -0.0496. The number of hydrogen-bond acceptors (Lipinski definition) is 5. The summed E-state index contributed by atoms with van der Waals surface area (Å²) >= 11 is 7.40. The van der Waals surface area contributed by atoms with E-state index in [4.69, 9.17) is 16.3 Å². The van der Waals surface area contributed by atoms with E-state index in [0.29, 0.717) is 16.7 Å². The van der Waals surface area contributed by atoms with Gasteiger partial charge in [0.1, 0.15) is 0 Å². The van der Waals surface area contributed by atoms with Gasteiger partial charge in [-0.3, -0.25) is 9.69 Å². The molecule has 2 aromatic rings. The van der Waals surface area contributed by atoms with Crippen molar-refractivity contribution in [2.45, 2.75) is 26.1 Å². The lowest BCUT2D eigenvalue weighted by Gasteiger charge is -2.34. The van der Waals surface area contributed by atoms with Gasteiger partial charge in [-0.05, 0) is 32.0 Å². The molecule has 5 nitrogen and oxygen atoms in total. The molecule has 3 rings (SSSR count). The number of carbonyl (C=O) groups excluding carboxylic acids is 1. The predicted molar refractivity (Wildman–Crippen MR) is 89.7 cm³/mol. The topological polar surface area (TPSA) is 54.5 Å². The number of aromatic nitrogens is 1. The van der Waals surface area contributed by atoms with Crippen molar-refractivity contribution in [2.24, 2.45) is 0 Å².